The fourth-order valence-corrected chi connectivity index (χ4v) is 1.95. The van der Waals surface area contributed by atoms with Crippen molar-refractivity contribution in [3.05, 3.63) is 35.9 Å². The monoisotopic (exact) mass is 291 g/mol. The highest BCUT2D eigenvalue weighted by molar-refractivity contribution is 6.18. The van der Waals surface area contributed by atoms with Gasteiger partial charge in [0.15, 0.2) is 0 Å². The summed E-state index contributed by atoms with van der Waals surface area (Å²) in [6, 6.07) is 10.3. The zero-order valence-electron chi connectivity index (χ0n) is 11.2. The van der Waals surface area contributed by atoms with Crippen LogP contribution in [0.2, 0.25) is 0 Å². The normalized spacial score (nSPS) is 14.7. The number of hydrogen-bond donors (Lipinski definition) is 2. The molecule has 1 aromatic carbocycles. The first-order chi connectivity index (χ1) is 7.92. The van der Waals surface area contributed by atoms with Crippen LogP contribution in [0.5, 0.6) is 0 Å². The first kappa shape index (κ1) is 17.7. The Bertz CT molecular complexity index is 324. The van der Waals surface area contributed by atoms with Crippen molar-refractivity contribution >= 4 is 24.0 Å². The van der Waals surface area contributed by atoms with Crippen LogP contribution in [-0.2, 0) is 0 Å². The van der Waals surface area contributed by atoms with E-state index in [-0.39, 0.29) is 29.9 Å². The van der Waals surface area contributed by atoms with Crippen molar-refractivity contribution in [1.82, 2.24) is 5.32 Å². The van der Waals surface area contributed by atoms with Crippen LogP contribution >= 0.6 is 24.0 Å². The van der Waals surface area contributed by atoms with E-state index in [2.05, 4.69) is 38.2 Å². The van der Waals surface area contributed by atoms with E-state index in [4.69, 9.17) is 11.6 Å². The zero-order valence-corrected chi connectivity index (χ0v) is 12.8. The lowest BCUT2D eigenvalue weighted by Crippen LogP contribution is -2.40. The van der Waals surface area contributed by atoms with Crippen molar-refractivity contribution in [3.8, 4) is 0 Å². The predicted octanol–water partition coefficient (Wildman–Crippen LogP) is 3.53. The van der Waals surface area contributed by atoms with Crippen LogP contribution in [0, 0.1) is 0 Å². The molecule has 0 bridgehead atoms. The van der Waals surface area contributed by atoms with Crippen molar-refractivity contribution in [2.75, 3.05) is 5.88 Å². The fourth-order valence-electron chi connectivity index (χ4n) is 1.82. The third kappa shape index (κ3) is 6.60. The first-order valence-corrected chi connectivity index (χ1v) is 6.52. The molecule has 2 unspecified atom stereocenters. The lowest BCUT2D eigenvalue weighted by Gasteiger charge is -2.30. The standard InChI is InChI=1S/C14H22ClNO.ClH/c1-14(2,3)16-13(9-12(17)10-15)11-7-5-4-6-8-11;/h4-8,12-13,16-17H,9-10H2,1-3H3;1H. The summed E-state index contributed by atoms with van der Waals surface area (Å²) in [5.41, 5.74) is 1.19. The smallest absolute Gasteiger partial charge is 0.0693 e. The molecule has 18 heavy (non-hydrogen) atoms. The summed E-state index contributed by atoms with van der Waals surface area (Å²) in [5, 5.41) is 13.2. The van der Waals surface area contributed by atoms with Gasteiger partial charge < -0.3 is 10.4 Å². The van der Waals surface area contributed by atoms with Gasteiger partial charge in [-0.3, -0.25) is 0 Å². The molecule has 0 radical (unpaired) electrons. The van der Waals surface area contributed by atoms with Gasteiger partial charge >= 0.3 is 0 Å². The molecule has 0 heterocycles. The number of aliphatic hydroxyl groups is 1. The van der Waals surface area contributed by atoms with Crippen LogP contribution in [0.15, 0.2) is 30.3 Å². The summed E-state index contributed by atoms with van der Waals surface area (Å²) in [6.45, 7) is 6.36. The van der Waals surface area contributed by atoms with Gasteiger partial charge in [0.2, 0.25) is 0 Å². The summed E-state index contributed by atoms with van der Waals surface area (Å²) < 4.78 is 0. The lowest BCUT2D eigenvalue weighted by atomic mass is 9.97. The second kappa shape index (κ2) is 8.00. The molecule has 0 amide bonds. The number of aliphatic hydroxyl groups excluding tert-OH is 1. The van der Waals surface area contributed by atoms with Crippen molar-refractivity contribution in [1.29, 1.82) is 0 Å². The average molecular weight is 292 g/mol. The van der Waals surface area contributed by atoms with Gasteiger partial charge in [-0.1, -0.05) is 30.3 Å². The number of halogens is 2. The Morgan fingerprint density at radius 1 is 1.22 bits per heavy atom. The minimum atomic E-state index is -0.475. The van der Waals surface area contributed by atoms with Crippen LogP contribution in [0.3, 0.4) is 0 Å². The molecule has 2 N–H and O–H groups in total. The van der Waals surface area contributed by atoms with Crippen LogP contribution in [0.25, 0.3) is 0 Å². The Kier molecular flexibility index (Phi) is 7.88. The Labute approximate surface area is 121 Å². The quantitative estimate of drug-likeness (QED) is 0.814. The SMILES string of the molecule is CC(C)(C)NC(CC(O)CCl)c1ccccc1.Cl. The maximum Gasteiger partial charge on any atom is 0.0693 e. The van der Waals surface area contributed by atoms with Crippen LogP contribution in [0.4, 0.5) is 0 Å². The highest BCUT2D eigenvalue weighted by Crippen LogP contribution is 2.22. The van der Waals surface area contributed by atoms with E-state index in [1.165, 1.54) is 5.56 Å². The molecule has 2 nitrogen and oxygen atoms in total. The second-order valence-corrected chi connectivity index (χ2v) is 5.71. The molecule has 0 spiro atoms. The highest BCUT2D eigenvalue weighted by atomic mass is 35.5. The third-order valence-corrected chi connectivity index (χ3v) is 2.85. The Morgan fingerprint density at radius 2 is 1.78 bits per heavy atom. The largest absolute Gasteiger partial charge is 0.392 e. The second-order valence-electron chi connectivity index (χ2n) is 5.40. The van der Waals surface area contributed by atoms with E-state index in [0.717, 1.165) is 0 Å². The molecule has 1 aromatic rings. The van der Waals surface area contributed by atoms with Crippen LogP contribution in [-0.4, -0.2) is 22.6 Å². The van der Waals surface area contributed by atoms with Crippen molar-refractivity contribution in [2.24, 2.45) is 0 Å². The molecule has 0 saturated carbocycles. The highest BCUT2D eigenvalue weighted by Gasteiger charge is 2.21. The van der Waals surface area contributed by atoms with Gasteiger partial charge in [-0.25, -0.2) is 0 Å². The van der Waals surface area contributed by atoms with Gasteiger partial charge in [0.1, 0.15) is 0 Å². The van der Waals surface area contributed by atoms with E-state index in [9.17, 15) is 5.11 Å². The van der Waals surface area contributed by atoms with Gasteiger partial charge in [0.05, 0.1) is 6.10 Å². The van der Waals surface area contributed by atoms with Crippen molar-refractivity contribution < 1.29 is 5.11 Å². The maximum absolute atomic E-state index is 9.71. The molecular weight excluding hydrogens is 269 g/mol. The summed E-state index contributed by atoms with van der Waals surface area (Å²) >= 11 is 5.68. The van der Waals surface area contributed by atoms with Gasteiger partial charge in [0.25, 0.3) is 0 Å². The molecule has 0 saturated heterocycles. The molecule has 4 heteroatoms. The number of benzene rings is 1. The number of rotatable bonds is 5. The molecule has 0 aromatic heterocycles. The Morgan fingerprint density at radius 3 is 2.22 bits per heavy atom. The predicted molar refractivity (Wildman–Crippen MR) is 80.7 cm³/mol. The topological polar surface area (TPSA) is 32.3 Å². The lowest BCUT2D eigenvalue weighted by molar-refractivity contribution is 0.163. The number of nitrogens with one attached hydrogen (secondary N) is 1. The van der Waals surface area contributed by atoms with E-state index in [1.54, 1.807) is 0 Å². The third-order valence-electron chi connectivity index (χ3n) is 2.50. The summed E-state index contributed by atoms with van der Waals surface area (Å²) in [5.74, 6) is 0.273. The van der Waals surface area contributed by atoms with E-state index in [0.29, 0.717) is 6.42 Å². The molecule has 2 atom stereocenters. The summed E-state index contributed by atoms with van der Waals surface area (Å²) in [7, 11) is 0. The first-order valence-electron chi connectivity index (χ1n) is 5.99. The summed E-state index contributed by atoms with van der Waals surface area (Å²) in [6.07, 6.45) is 0.154. The average Bonchev–Trinajstić information content (AvgIpc) is 2.27. The van der Waals surface area contributed by atoms with Crippen molar-refractivity contribution in [3.63, 3.8) is 0 Å². The van der Waals surface area contributed by atoms with Crippen LogP contribution in [0.1, 0.15) is 38.8 Å². The van der Waals surface area contributed by atoms with E-state index < -0.39 is 6.10 Å². The minimum absolute atomic E-state index is 0. The fraction of sp³-hybridized carbons (Fsp3) is 0.571. The van der Waals surface area contributed by atoms with E-state index >= 15 is 0 Å². The number of hydrogen-bond acceptors (Lipinski definition) is 2. The molecule has 0 aliphatic rings. The Balaban J connectivity index is 0.00000289. The Hall–Kier alpha value is -0.280. The molecule has 104 valence electrons. The number of alkyl halides is 1. The van der Waals surface area contributed by atoms with Crippen LogP contribution < -0.4 is 5.32 Å². The zero-order chi connectivity index (χ0) is 12.9. The van der Waals surface area contributed by atoms with E-state index in [1.807, 2.05) is 18.2 Å². The summed E-state index contributed by atoms with van der Waals surface area (Å²) in [4.78, 5) is 0. The molecule has 1 rings (SSSR count). The molecule has 0 aliphatic carbocycles. The van der Waals surface area contributed by atoms with Gasteiger partial charge in [0, 0.05) is 17.5 Å². The van der Waals surface area contributed by atoms with Gasteiger partial charge in [-0.15, -0.1) is 24.0 Å². The van der Waals surface area contributed by atoms with Crippen molar-refractivity contribution in [2.45, 2.75) is 44.9 Å². The minimum Gasteiger partial charge on any atom is -0.392 e. The molecule has 0 aliphatic heterocycles. The van der Waals surface area contributed by atoms with Gasteiger partial charge in [-0.2, -0.15) is 0 Å². The molecular formula is C14H23Cl2NO. The molecule has 0 fully saturated rings. The van der Waals surface area contributed by atoms with Gasteiger partial charge in [-0.05, 0) is 32.8 Å². The maximum atomic E-state index is 9.71.